The van der Waals surface area contributed by atoms with Gasteiger partial charge in [0.2, 0.25) is 0 Å². The summed E-state index contributed by atoms with van der Waals surface area (Å²) in [7, 11) is 0. The van der Waals surface area contributed by atoms with E-state index in [0.29, 0.717) is 0 Å². The summed E-state index contributed by atoms with van der Waals surface area (Å²) in [6.45, 7) is 10.2. The van der Waals surface area contributed by atoms with E-state index in [1.807, 2.05) is 0 Å². The molecule has 1 aromatic carbocycles. The monoisotopic (exact) mass is 271 g/mol. The molecule has 0 spiro atoms. The van der Waals surface area contributed by atoms with Crippen molar-refractivity contribution in [1.82, 2.24) is 5.32 Å². The summed E-state index contributed by atoms with van der Waals surface area (Å²) in [5, 5.41) is 3.56. The van der Waals surface area contributed by atoms with Crippen LogP contribution in [0.2, 0.25) is 0 Å². The van der Waals surface area contributed by atoms with E-state index < -0.39 is 0 Å². The second-order valence-electron chi connectivity index (χ2n) is 7.19. The van der Waals surface area contributed by atoms with Crippen LogP contribution in [0.25, 0.3) is 0 Å². The first-order valence-electron chi connectivity index (χ1n) is 7.93. The Labute approximate surface area is 124 Å². The van der Waals surface area contributed by atoms with Crippen LogP contribution in [-0.4, -0.2) is 12.6 Å². The van der Waals surface area contributed by atoms with Gasteiger partial charge in [0.1, 0.15) is 0 Å². The van der Waals surface area contributed by atoms with Crippen molar-refractivity contribution in [3.8, 4) is 0 Å². The molecule has 2 rings (SSSR count). The molecule has 1 saturated carbocycles. The first kappa shape index (κ1) is 15.3. The van der Waals surface area contributed by atoms with E-state index in [0.717, 1.165) is 25.4 Å². The molecule has 1 aliphatic rings. The van der Waals surface area contributed by atoms with Crippen LogP contribution in [-0.2, 0) is 11.8 Å². The summed E-state index contributed by atoms with van der Waals surface area (Å²) in [5.41, 5.74) is 4.56. The van der Waals surface area contributed by atoms with Gasteiger partial charge < -0.3 is 5.32 Å². The topological polar surface area (TPSA) is 12.0 Å². The van der Waals surface area contributed by atoms with Crippen LogP contribution in [0, 0.1) is 0 Å². The zero-order valence-electron chi connectivity index (χ0n) is 13.5. The molecule has 110 valence electrons. The summed E-state index contributed by atoms with van der Waals surface area (Å²) in [6.07, 6.45) is 7.37. The molecule has 0 aliphatic heterocycles. The van der Waals surface area contributed by atoms with Crippen LogP contribution < -0.4 is 5.32 Å². The van der Waals surface area contributed by atoms with Crippen molar-refractivity contribution < 1.29 is 0 Å². The maximum absolute atomic E-state index is 3.56. The van der Waals surface area contributed by atoms with Gasteiger partial charge in [-0.3, -0.25) is 0 Å². The lowest BCUT2D eigenvalue weighted by Crippen LogP contribution is -2.16. The van der Waals surface area contributed by atoms with Crippen molar-refractivity contribution in [3.05, 3.63) is 47.0 Å². The van der Waals surface area contributed by atoms with Gasteiger partial charge in [-0.05, 0) is 55.7 Å². The molecule has 0 heterocycles. The summed E-state index contributed by atoms with van der Waals surface area (Å²) in [4.78, 5) is 0. The van der Waals surface area contributed by atoms with Gasteiger partial charge in [-0.25, -0.2) is 0 Å². The minimum atomic E-state index is 0.248. The molecule has 0 saturated heterocycles. The fourth-order valence-electron chi connectivity index (χ4n) is 2.41. The fraction of sp³-hybridized carbons (Fsp3) is 0.579. The molecule has 0 unspecified atom stereocenters. The van der Waals surface area contributed by atoms with E-state index >= 15 is 0 Å². The lowest BCUT2D eigenvalue weighted by Gasteiger charge is -2.19. The van der Waals surface area contributed by atoms with Gasteiger partial charge in [0.25, 0.3) is 0 Å². The zero-order valence-corrected chi connectivity index (χ0v) is 13.5. The average molecular weight is 271 g/mol. The summed E-state index contributed by atoms with van der Waals surface area (Å²) < 4.78 is 0. The second kappa shape index (κ2) is 6.58. The highest BCUT2D eigenvalue weighted by Gasteiger charge is 2.19. The Bertz CT molecular complexity index is 444. The molecule has 0 bridgehead atoms. The highest BCUT2D eigenvalue weighted by atomic mass is 14.9. The van der Waals surface area contributed by atoms with Crippen LogP contribution in [0.1, 0.15) is 58.1 Å². The molecule has 1 nitrogen and oxygen atoms in total. The molecule has 1 aromatic rings. The smallest absolute Gasteiger partial charge is 0.00683 e. The van der Waals surface area contributed by atoms with Crippen LogP contribution >= 0.6 is 0 Å². The van der Waals surface area contributed by atoms with E-state index in [1.54, 1.807) is 0 Å². The van der Waals surface area contributed by atoms with Crippen LogP contribution in [0.15, 0.2) is 35.9 Å². The number of benzene rings is 1. The molecule has 1 fully saturated rings. The minimum Gasteiger partial charge on any atom is -0.314 e. The molecule has 20 heavy (non-hydrogen) atoms. The molecule has 0 amide bonds. The van der Waals surface area contributed by atoms with Crippen LogP contribution in [0.3, 0.4) is 0 Å². The fourth-order valence-corrected chi connectivity index (χ4v) is 2.41. The Hall–Kier alpha value is -1.08. The standard InChI is InChI=1S/C19H29N/c1-15(6-5-13-20-18-11-12-18)14-16-7-9-17(10-8-16)19(2,3)4/h6-10,18,20H,5,11-14H2,1-4H3. The van der Waals surface area contributed by atoms with Gasteiger partial charge in [-0.1, -0.05) is 56.7 Å². The summed E-state index contributed by atoms with van der Waals surface area (Å²) in [6, 6.07) is 9.93. The predicted octanol–water partition coefficient (Wildman–Crippen LogP) is 4.62. The Morgan fingerprint density at radius 2 is 1.85 bits per heavy atom. The summed E-state index contributed by atoms with van der Waals surface area (Å²) >= 11 is 0. The lowest BCUT2D eigenvalue weighted by molar-refractivity contribution is 0.590. The second-order valence-corrected chi connectivity index (χ2v) is 7.19. The number of allylic oxidation sites excluding steroid dienone is 1. The predicted molar refractivity (Wildman–Crippen MR) is 88.2 cm³/mol. The van der Waals surface area contributed by atoms with E-state index in [2.05, 4.69) is 63.4 Å². The van der Waals surface area contributed by atoms with Gasteiger partial charge in [-0.15, -0.1) is 0 Å². The first-order chi connectivity index (χ1) is 9.45. The third-order valence-electron chi connectivity index (χ3n) is 3.95. The van der Waals surface area contributed by atoms with Gasteiger partial charge in [0, 0.05) is 6.04 Å². The van der Waals surface area contributed by atoms with Gasteiger partial charge in [-0.2, -0.15) is 0 Å². The third-order valence-corrected chi connectivity index (χ3v) is 3.95. The molecular weight excluding hydrogens is 242 g/mol. The maximum atomic E-state index is 3.56. The Balaban J connectivity index is 1.80. The van der Waals surface area contributed by atoms with E-state index in [9.17, 15) is 0 Å². The highest BCUT2D eigenvalue weighted by molar-refractivity contribution is 5.29. The quantitative estimate of drug-likeness (QED) is 0.588. The van der Waals surface area contributed by atoms with Crippen molar-refractivity contribution in [2.24, 2.45) is 0 Å². The number of nitrogens with one attached hydrogen (secondary N) is 1. The molecule has 1 aliphatic carbocycles. The normalized spacial score (nSPS) is 16.5. The highest BCUT2D eigenvalue weighted by Crippen LogP contribution is 2.23. The van der Waals surface area contributed by atoms with Crippen molar-refractivity contribution in [3.63, 3.8) is 0 Å². The van der Waals surface area contributed by atoms with E-state index in [-0.39, 0.29) is 5.41 Å². The Kier molecular flexibility index (Phi) is 5.04. The molecule has 0 radical (unpaired) electrons. The van der Waals surface area contributed by atoms with Crippen molar-refractivity contribution in [2.75, 3.05) is 6.54 Å². The van der Waals surface area contributed by atoms with Crippen LogP contribution in [0.4, 0.5) is 0 Å². The number of hydrogen-bond donors (Lipinski definition) is 1. The molecule has 0 atom stereocenters. The van der Waals surface area contributed by atoms with Crippen molar-refractivity contribution in [1.29, 1.82) is 0 Å². The van der Waals surface area contributed by atoms with Gasteiger partial charge in [0.05, 0.1) is 0 Å². The number of rotatable bonds is 6. The molecule has 1 heteroatoms. The molecule has 1 N–H and O–H groups in total. The Morgan fingerprint density at radius 1 is 1.20 bits per heavy atom. The first-order valence-corrected chi connectivity index (χ1v) is 7.93. The van der Waals surface area contributed by atoms with E-state index in [1.165, 1.54) is 29.5 Å². The van der Waals surface area contributed by atoms with Gasteiger partial charge >= 0.3 is 0 Å². The SMILES string of the molecule is CC(=CCCNC1CC1)Cc1ccc(C(C)(C)C)cc1. The van der Waals surface area contributed by atoms with E-state index in [4.69, 9.17) is 0 Å². The largest absolute Gasteiger partial charge is 0.314 e. The average Bonchev–Trinajstić information content (AvgIpc) is 3.18. The van der Waals surface area contributed by atoms with Crippen LogP contribution in [0.5, 0.6) is 0 Å². The lowest BCUT2D eigenvalue weighted by atomic mass is 9.86. The van der Waals surface area contributed by atoms with Crippen molar-refractivity contribution >= 4 is 0 Å². The zero-order chi connectivity index (χ0) is 14.6. The van der Waals surface area contributed by atoms with Gasteiger partial charge in [0.15, 0.2) is 0 Å². The Morgan fingerprint density at radius 3 is 2.40 bits per heavy atom. The maximum Gasteiger partial charge on any atom is 0.00683 e. The van der Waals surface area contributed by atoms with Crippen molar-refractivity contribution in [2.45, 2.75) is 64.8 Å². The number of hydrogen-bond acceptors (Lipinski definition) is 1. The molecular formula is C19H29N. The summed E-state index contributed by atoms with van der Waals surface area (Å²) in [5.74, 6) is 0. The minimum absolute atomic E-state index is 0.248. The molecule has 0 aromatic heterocycles. The third kappa shape index (κ3) is 5.13.